The zero-order valence-corrected chi connectivity index (χ0v) is 11.3. The van der Waals surface area contributed by atoms with Crippen LogP contribution in [0.5, 0.6) is 0 Å². The second-order valence-electron chi connectivity index (χ2n) is 4.46. The molecule has 2 amide bonds. The minimum atomic E-state index is -0.108. The first-order valence-electron chi connectivity index (χ1n) is 6.37. The summed E-state index contributed by atoms with van der Waals surface area (Å²) >= 11 is 0. The van der Waals surface area contributed by atoms with Gasteiger partial charge in [0.15, 0.2) is 0 Å². The third kappa shape index (κ3) is 5.73. The number of likely N-dealkylation sites (tertiary alicyclic amines) is 1. The molecule has 1 aliphatic rings. The van der Waals surface area contributed by atoms with Crippen LogP contribution >= 0.6 is 0 Å². The molecule has 0 radical (unpaired) electrons. The van der Waals surface area contributed by atoms with Crippen molar-refractivity contribution < 1.29 is 14.3 Å². The van der Waals surface area contributed by atoms with Crippen molar-refractivity contribution in [1.82, 2.24) is 15.5 Å². The maximum absolute atomic E-state index is 11.8. The quantitative estimate of drug-likeness (QED) is 0.476. The van der Waals surface area contributed by atoms with Crippen LogP contribution in [0.3, 0.4) is 0 Å². The van der Waals surface area contributed by atoms with Crippen molar-refractivity contribution in [3.8, 4) is 12.3 Å². The van der Waals surface area contributed by atoms with Gasteiger partial charge in [-0.1, -0.05) is 5.92 Å². The van der Waals surface area contributed by atoms with Crippen molar-refractivity contribution in [1.29, 1.82) is 0 Å². The standard InChI is InChI=1S/C13H21N3O3/c1-3-6-14-9-13(18)16-7-4-11(5-8-16)15-12(17)10-19-2/h1,11,14H,4-10H2,2H3,(H,15,17). The molecule has 19 heavy (non-hydrogen) atoms. The maximum atomic E-state index is 11.8. The van der Waals surface area contributed by atoms with Gasteiger partial charge in [-0.2, -0.15) is 0 Å². The molecular weight excluding hydrogens is 246 g/mol. The number of methoxy groups -OCH3 is 1. The fraction of sp³-hybridized carbons (Fsp3) is 0.692. The van der Waals surface area contributed by atoms with E-state index in [1.165, 1.54) is 7.11 Å². The summed E-state index contributed by atoms with van der Waals surface area (Å²) in [6.07, 6.45) is 6.64. The van der Waals surface area contributed by atoms with Crippen molar-refractivity contribution in [2.45, 2.75) is 18.9 Å². The second kappa shape index (κ2) is 8.51. The summed E-state index contributed by atoms with van der Waals surface area (Å²) in [5, 5.41) is 5.77. The highest BCUT2D eigenvalue weighted by Gasteiger charge is 2.23. The van der Waals surface area contributed by atoms with Crippen LogP contribution in [0.25, 0.3) is 0 Å². The Hall–Kier alpha value is -1.58. The van der Waals surface area contributed by atoms with Crippen LogP contribution in [0.2, 0.25) is 0 Å². The van der Waals surface area contributed by atoms with E-state index in [0.717, 1.165) is 12.8 Å². The lowest BCUT2D eigenvalue weighted by atomic mass is 10.0. The average molecular weight is 267 g/mol. The molecule has 106 valence electrons. The fourth-order valence-electron chi connectivity index (χ4n) is 2.03. The van der Waals surface area contributed by atoms with Crippen molar-refractivity contribution in [2.75, 3.05) is 39.9 Å². The van der Waals surface area contributed by atoms with E-state index in [9.17, 15) is 9.59 Å². The van der Waals surface area contributed by atoms with Crippen molar-refractivity contribution in [2.24, 2.45) is 0 Å². The molecule has 0 atom stereocenters. The van der Waals surface area contributed by atoms with E-state index in [1.807, 2.05) is 0 Å². The number of carbonyl (C=O) groups excluding carboxylic acids is 2. The highest BCUT2D eigenvalue weighted by Crippen LogP contribution is 2.10. The van der Waals surface area contributed by atoms with E-state index in [1.54, 1.807) is 4.90 Å². The summed E-state index contributed by atoms with van der Waals surface area (Å²) in [5.41, 5.74) is 0. The molecule has 0 saturated carbocycles. The highest BCUT2D eigenvalue weighted by atomic mass is 16.5. The molecule has 0 aromatic heterocycles. The molecule has 6 nitrogen and oxygen atoms in total. The molecule has 0 aliphatic carbocycles. The minimum Gasteiger partial charge on any atom is -0.375 e. The monoisotopic (exact) mass is 267 g/mol. The van der Waals surface area contributed by atoms with Crippen LogP contribution in [-0.2, 0) is 14.3 Å². The second-order valence-corrected chi connectivity index (χ2v) is 4.46. The third-order valence-corrected chi connectivity index (χ3v) is 2.99. The number of nitrogens with zero attached hydrogens (tertiary/aromatic N) is 1. The normalized spacial score (nSPS) is 15.9. The van der Waals surface area contributed by atoms with E-state index in [-0.39, 0.29) is 31.0 Å². The summed E-state index contributed by atoms with van der Waals surface area (Å²) in [7, 11) is 1.49. The van der Waals surface area contributed by atoms with Crippen LogP contribution in [0.4, 0.5) is 0 Å². The van der Waals surface area contributed by atoms with E-state index in [4.69, 9.17) is 11.2 Å². The number of ether oxygens (including phenoxy) is 1. The summed E-state index contributed by atoms with van der Waals surface area (Å²) in [6, 6.07) is 0.130. The molecular formula is C13H21N3O3. The molecule has 0 aromatic rings. The van der Waals surface area contributed by atoms with Gasteiger partial charge in [-0.15, -0.1) is 6.42 Å². The van der Waals surface area contributed by atoms with Gasteiger partial charge < -0.3 is 15.0 Å². The summed E-state index contributed by atoms with van der Waals surface area (Å²) in [6.45, 7) is 2.07. The molecule has 0 unspecified atom stereocenters. The SMILES string of the molecule is C#CCNCC(=O)N1CCC(NC(=O)COC)CC1. The first-order chi connectivity index (χ1) is 9.17. The van der Waals surface area contributed by atoms with Gasteiger partial charge in [0.2, 0.25) is 11.8 Å². The van der Waals surface area contributed by atoms with Crippen LogP contribution in [-0.4, -0.2) is 62.7 Å². The van der Waals surface area contributed by atoms with Crippen LogP contribution in [0, 0.1) is 12.3 Å². The predicted octanol–water partition coefficient (Wildman–Crippen LogP) is -1.04. The summed E-state index contributed by atoms with van der Waals surface area (Å²) in [4.78, 5) is 24.9. The number of piperidine rings is 1. The Morgan fingerprint density at radius 2 is 2.11 bits per heavy atom. The van der Waals surface area contributed by atoms with Gasteiger partial charge in [0.25, 0.3) is 0 Å². The number of hydrogen-bond donors (Lipinski definition) is 2. The smallest absolute Gasteiger partial charge is 0.246 e. The summed E-state index contributed by atoms with van der Waals surface area (Å²) < 4.78 is 4.76. The predicted molar refractivity (Wildman–Crippen MR) is 71.3 cm³/mol. The Balaban J connectivity index is 2.23. The summed E-state index contributed by atoms with van der Waals surface area (Å²) in [5.74, 6) is 2.37. The van der Waals surface area contributed by atoms with E-state index in [0.29, 0.717) is 19.6 Å². The number of nitrogens with one attached hydrogen (secondary N) is 2. The molecule has 0 bridgehead atoms. The van der Waals surface area contributed by atoms with Crippen molar-refractivity contribution >= 4 is 11.8 Å². The van der Waals surface area contributed by atoms with Crippen LogP contribution < -0.4 is 10.6 Å². The molecule has 2 N–H and O–H groups in total. The van der Waals surface area contributed by atoms with Gasteiger partial charge in [0, 0.05) is 26.2 Å². The Morgan fingerprint density at radius 3 is 2.68 bits per heavy atom. The van der Waals surface area contributed by atoms with Crippen molar-refractivity contribution in [3.05, 3.63) is 0 Å². The molecule has 0 spiro atoms. The first kappa shape index (κ1) is 15.5. The highest BCUT2D eigenvalue weighted by molar-refractivity contribution is 5.79. The third-order valence-electron chi connectivity index (χ3n) is 2.99. The molecule has 1 fully saturated rings. The molecule has 1 rings (SSSR count). The lowest BCUT2D eigenvalue weighted by Crippen LogP contribution is -2.49. The van der Waals surface area contributed by atoms with Gasteiger partial charge in [-0.25, -0.2) is 0 Å². The molecule has 1 heterocycles. The van der Waals surface area contributed by atoms with Gasteiger partial charge >= 0.3 is 0 Å². The zero-order chi connectivity index (χ0) is 14.1. The van der Waals surface area contributed by atoms with Gasteiger partial charge in [0.05, 0.1) is 13.1 Å². The molecule has 1 aliphatic heterocycles. The van der Waals surface area contributed by atoms with Crippen LogP contribution in [0.15, 0.2) is 0 Å². The van der Waals surface area contributed by atoms with Gasteiger partial charge in [-0.3, -0.25) is 14.9 Å². The van der Waals surface area contributed by atoms with Crippen molar-refractivity contribution in [3.63, 3.8) is 0 Å². The van der Waals surface area contributed by atoms with Crippen LogP contribution in [0.1, 0.15) is 12.8 Å². The largest absolute Gasteiger partial charge is 0.375 e. The maximum Gasteiger partial charge on any atom is 0.246 e. The Bertz CT molecular complexity index is 344. The van der Waals surface area contributed by atoms with E-state index >= 15 is 0 Å². The van der Waals surface area contributed by atoms with Gasteiger partial charge in [0.1, 0.15) is 6.61 Å². The Labute approximate surface area is 113 Å². The lowest BCUT2D eigenvalue weighted by molar-refractivity contribution is -0.131. The number of carbonyl (C=O) groups is 2. The number of rotatable bonds is 6. The fourth-order valence-corrected chi connectivity index (χ4v) is 2.03. The number of terminal acetylenes is 1. The minimum absolute atomic E-state index is 0.0527. The Kier molecular flexibility index (Phi) is 6.93. The molecule has 0 aromatic carbocycles. The number of amides is 2. The zero-order valence-electron chi connectivity index (χ0n) is 11.3. The average Bonchev–Trinajstić information content (AvgIpc) is 2.40. The topological polar surface area (TPSA) is 70.7 Å². The van der Waals surface area contributed by atoms with Gasteiger partial charge in [-0.05, 0) is 12.8 Å². The lowest BCUT2D eigenvalue weighted by Gasteiger charge is -2.32. The van der Waals surface area contributed by atoms with E-state index in [2.05, 4.69) is 16.6 Å². The Morgan fingerprint density at radius 1 is 1.42 bits per heavy atom. The van der Waals surface area contributed by atoms with E-state index < -0.39 is 0 Å². The molecule has 6 heteroatoms. The molecule has 1 saturated heterocycles. The number of hydrogen-bond acceptors (Lipinski definition) is 4. The first-order valence-corrected chi connectivity index (χ1v) is 6.37.